The summed E-state index contributed by atoms with van der Waals surface area (Å²) in [6.07, 6.45) is 1.96. The largest absolute Gasteiger partial charge is 0.320 e. The molecule has 0 radical (unpaired) electrons. The van der Waals surface area contributed by atoms with Gasteiger partial charge in [-0.25, -0.2) is 8.42 Å². The Bertz CT molecular complexity index is 150. The van der Waals surface area contributed by atoms with Gasteiger partial charge in [-0.1, -0.05) is 0 Å². The highest BCUT2D eigenvalue weighted by molar-refractivity contribution is 7.90. The molecule has 0 aliphatic carbocycles. The molecule has 0 heterocycles. The molecule has 0 aliphatic rings. The molecule has 0 saturated heterocycles. The summed E-state index contributed by atoms with van der Waals surface area (Å²) in [7, 11) is -0.929. The first-order valence-electron chi connectivity index (χ1n) is 2.88. The van der Waals surface area contributed by atoms with Crippen LogP contribution in [0.3, 0.4) is 0 Å². The fourth-order valence-corrected chi connectivity index (χ4v) is 1.18. The Morgan fingerprint density at radius 3 is 2.33 bits per heavy atom. The summed E-state index contributed by atoms with van der Waals surface area (Å²) in [6, 6.07) is 0. The van der Waals surface area contributed by atoms with E-state index in [0.29, 0.717) is 6.42 Å². The van der Waals surface area contributed by atoms with Gasteiger partial charge in [0.1, 0.15) is 9.84 Å². The second-order valence-corrected chi connectivity index (χ2v) is 4.35. The Kier molecular flexibility index (Phi) is 3.81. The first kappa shape index (κ1) is 8.91. The van der Waals surface area contributed by atoms with Gasteiger partial charge in [-0.2, -0.15) is 0 Å². The average Bonchev–Trinajstić information content (AvgIpc) is 1.63. The molecule has 0 amide bonds. The van der Waals surface area contributed by atoms with Gasteiger partial charge in [0.05, 0.1) is 5.75 Å². The summed E-state index contributed by atoms with van der Waals surface area (Å²) >= 11 is 0. The summed E-state index contributed by atoms with van der Waals surface area (Å²) in [5.41, 5.74) is 0. The van der Waals surface area contributed by atoms with Gasteiger partial charge in [0, 0.05) is 6.26 Å². The van der Waals surface area contributed by atoms with E-state index in [1.807, 2.05) is 7.05 Å². The normalized spacial score (nSPS) is 11.8. The zero-order valence-electron chi connectivity index (χ0n) is 5.85. The maximum Gasteiger partial charge on any atom is 0.147 e. The smallest absolute Gasteiger partial charge is 0.147 e. The van der Waals surface area contributed by atoms with Crippen molar-refractivity contribution in [2.24, 2.45) is 0 Å². The van der Waals surface area contributed by atoms with Crippen molar-refractivity contribution >= 4 is 9.84 Å². The summed E-state index contributed by atoms with van der Waals surface area (Å²) in [5, 5.41) is 2.88. The first-order valence-corrected chi connectivity index (χ1v) is 4.94. The molecule has 0 fully saturated rings. The molecule has 1 N–H and O–H groups in total. The molecule has 0 saturated carbocycles. The van der Waals surface area contributed by atoms with Crippen molar-refractivity contribution < 1.29 is 8.42 Å². The van der Waals surface area contributed by atoms with Gasteiger partial charge in [-0.3, -0.25) is 0 Å². The molecular formula is C5H13NO2S. The number of nitrogens with one attached hydrogen (secondary N) is 1. The predicted octanol–water partition coefficient (Wildman–Crippen LogP) is -0.359. The van der Waals surface area contributed by atoms with Crippen molar-refractivity contribution in [3.8, 4) is 0 Å². The lowest BCUT2D eigenvalue weighted by molar-refractivity contribution is 0.597. The van der Waals surface area contributed by atoms with Gasteiger partial charge in [0.2, 0.25) is 0 Å². The zero-order chi connectivity index (χ0) is 7.33. The molecular weight excluding hydrogens is 138 g/mol. The van der Waals surface area contributed by atoms with E-state index < -0.39 is 9.84 Å². The van der Waals surface area contributed by atoms with E-state index in [1.54, 1.807) is 0 Å². The molecule has 0 aromatic carbocycles. The standard InChI is InChI=1S/C5H13NO2S/c1-6-4-3-5-9(2,7)8/h6H,3-5H2,1-2H3. The fourth-order valence-electron chi connectivity index (χ4n) is 0.511. The molecule has 0 bridgehead atoms. The van der Waals surface area contributed by atoms with E-state index in [0.717, 1.165) is 6.54 Å². The third-order valence-electron chi connectivity index (χ3n) is 0.942. The van der Waals surface area contributed by atoms with Crippen molar-refractivity contribution in [2.45, 2.75) is 6.42 Å². The predicted molar refractivity (Wildman–Crippen MR) is 38.3 cm³/mol. The number of sulfone groups is 1. The van der Waals surface area contributed by atoms with Gasteiger partial charge in [-0.05, 0) is 20.0 Å². The Hall–Kier alpha value is -0.0900. The molecule has 3 nitrogen and oxygen atoms in total. The minimum absolute atomic E-state index is 0.286. The molecule has 0 rings (SSSR count). The van der Waals surface area contributed by atoms with Crippen molar-refractivity contribution in [1.82, 2.24) is 5.32 Å². The summed E-state index contributed by atoms with van der Waals surface area (Å²) in [4.78, 5) is 0. The first-order chi connectivity index (χ1) is 4.06. The third-order valence-corrected chi connectivity index (χ3v) is 1.97. The topological polar surface area (TPSA) is 46.2 Å². The molecule has 4 heteroatoms. The Balaban J connectivity index is 3.30. The van der Waals surface area contributed by atoms with Gasteiger partial charge < -0.3 is 5.32 Å². The highest BCUT2D eigenvalue weighted by Crippen LogP contribution is 1.85. The lowest BCUT2D eigenvalue weighted by Crippen LogP contribution is -2.13. The zero-order valence-corrected chi connectivity index (χ0v) is 6.66. The van der Waals surface area contributed by atoms with E-state index in [4.69, 9.17) is 0 Å². The lowest BCUT2D eigenvalue weighted by Gasteiger charge is -1.95. The number of rotatable bonds is 4. The van der Waals surface area contributed by atoms with Crippen LogP contribution in [0, 0.1) is 0 Å². The van der Waals surface area contributed by atoms with Crippen molar-refractivity contribution in [2.75, 3.05) is 25.6 Å². The minimum Gasteiger partial charge on any atom is -0.320 e. The summed E-state index contributed by atoms with van der Waals surface area (Å²) in [6.45, 7) is 0.771. The van der Waals surface area contributed by atoms with Crippen molar-refractivity contribution in [1.29, 1.82) is 0 Å². The van der Waals surface area contributed by atoms with E-state index >= 15 is 0 Å². The molecule has 0 aliphatic heterocycles. The third kappa shape index (κ3) is 7.91. The monoisotopic (exact) mass is 151 g/mol. The van der Waals surface area contributed by atoms with Crippen molar-refractivity contribution in [3.05, 3.63) is 0 Å². The van der Waals surface area contributed by atoms with E-state index in [1.165, 1.54) is 6.26 Å². The van der Waals surface area contributed by atoms with E-state index in [9.17, 15) is 8.42 Å². The molecule has 0 aromatic heterocycles. The molecule has 0 spiro atoms. The van der Waals surface area contributed by atoms with Gasteiger partial charge in [0.25, 0.3) is 0 Å². The van der Waals surface area contributed by atoms with Crippen LogP contribution in [0.15, 0.2) is 0 Å². The second kappa shape index (κ2) is 3.85. The Morgan fingerprint density at radius 2 is 2.00 bits per heavy atom. The van der Waals surface area contributed by atoms with Crippen LogP contribution in [0.2, 0.25) is 0 Å². The lowest BCUT2D eigenvalue weighted by atomic mass is 10.5. The van der Waals surface area contributed by atoms with E-state index in [-0.39, 0.29) is 5.75 Å². The van der Waals surface area contributed by atoms with Crippen LogP contribution in [0.4, 0.5) is 0 Å². The quantitative estimate of drug-likeness (QED) is 0.558. The highest BCUT2D eigenvalue weighted by Gasteiger charge is 1.98. The average molecular weight is 151 g/mol. The van der Waals surface area contributed by atoms with Gasteiger partial charge >= 0.3 is 0 Å². The maximum absolute atomic E-state index is 10.5. The molecule has 0 unspecified atom stereocenters. The van der Waals surface area contributed by atoms with Crippen LogP contribution < -0.4 is 5.32 Å². The van der Waals surface area contributed by atoms with Crippen molar-refractivity contribution in [3.63, 3.8) is 0 Å². The van der Waals surface area contributed by atoms with Crippen LogP contribution in [-0.2, 0) is 9.84 Å². The Labute approximate surface area is 56.4 Å². The maximum atomic E-state index is 10.5. The van der Waals surface area contributed by atoms with Crippen LogP contribution in [-0.4, -0.2) is 34.0 Å². The van der Waals surface area contributed by atoms with Crippen LogP contribution in [0.25, 0.3) is 0 Å². The fraction of sp³-hybridized carbons (Fsp3) is 1.00. The molecule has 9 heavy (non-hydrogen) atoms. The SMILES string of the molecule is CNCCCS(C)(=O)=O. The summed E-state index contributed by atoms with van der Waals surface area (Å²) in [5.74, 6) is 0.286. The molecule has 0 atom stereocenters. The number of hydrogen-bond acceptors (Lipinski definition) is 3. The number of hydrogen-bond donors (Lipinski definition) is 1. The van der Waals surface area contributed by atoms with Crippen LogP contribution in [0.1, 0.15) is 6.42 Å². The van der Waals surface area contributed by atoms with Crippen LogP contribution >= 0.6 is 0 Å². The molecule has 56 valence electrons. The molecule has 0 aromatic rings. The van der Waals surface area contributed by atoms with E-state index in [2.05, 4.69) is 5.32 Å². The highest BCUT2D eigenvalue weighted by atomic mass is 32.2. The van der Waals surface area contributed by atoms with Gasteiger partial charge in [0.15, 0.2) is 0 Å². The van der Waals surface area contributed by atoms with Crippen LogP contribution in [0.5, 0.6) is 0 Å². The van der Waals surface area contributed by atoms with Gasteiger partial charge in [-0.15, -0.1) is 0 Å². The Morgan fingerprint density at radius 1 is 1.44 bits per heavy atom. The second-order valence-electron chi connectivity index (χ2n) is 2.09. The minimum atomic E-state index is -2.74. The summed E-state index contributed by atoms with van der Waals surface area (Å²) < 4.78 is 21.0.